The second-order valence-electron chi connectivity index (χ2n) is 9.19. The summed E-state index contributed by atoms with van der Waals surface area (Å²) in [6.07, 6.45) is -2.07. The molecule has 2 N–H and O–H groups in total. The van der Waals surface area contributed by atoms with Crippen LogP contribution in [0.2, 0.25) is 0 Å². The van der Waals surface area contributed by atoms with Gasteiger partial charge in [0.05, 0.1) is 11.8 Å². The molecular weight excluding hydrogens is 499 g/mol. The molecule has 0 bridgehead atoms. The molecule has 39 heavy (non-hydrogen) atoms. The lowest BCUT2D eigenvalue weighted by atomic mass is 9.93. The number of rotatable bonds is 7. The van der Waals surface area contributed by atoms with E-state index in [0.29, 0.717) is 22.7 Å². The SMILES string of the molecule is O=C(Nc1ccccc1Oc1ccccc1)[C@H]1[C@@H](O)[C@H](c2cccc(F)c2)CN1C(=O)OCc1ccccc1. The first-order valence-corrected chi connectivity index (χ1v) is 12.5. The lowest BCUT2D eigenvalue weighted by Crippen LogP contribution is -2.48. The number of hydrogen-bond acceptors (Lipinski definition) is 5. The number of likely N-dealkylation sites (tertiary alicyclic amines) is 1. The molecule has 4 aromatic carbocycles. The molecule has 1 aliphatic rings. The predicted octanol–water partition coefficient (Wildman–Crippen LogP) is 5.72. The molecule has 0 radical (unpaired) electrons. The van der Waals surface area contributed by atoms with Crippen LogP contribution in [0.5, 0.6) is 11.5 Å². The third-order valence-electron chi connectivity index (χ3n) is 6.57. The van der Waals surface area contributed by atoms with Crippen molar-refractivity contribution < 1.29 is 28.6 Å². The van der Waals surface area contributed by atoms with Gasteiger partial charge in [0, 0.05) is 12.5 Å². The van der Waals surface area contributed by atoms with Crippen molar-refractivity contribution in [3.63, 3.8) is 0 Å². The van der Waals surface area contributed by atoms with Gasteiger partial charge < -0.3 is 19.9 Å². The number of carbonyl (C=O) groups excluding carboxylic acids is 2. The maximum Gasteiger partial charge on any atom is 0.410 e. The third-order valence-corrected chi connectivity index (χ3v) is 6.57. The van der Waals surface area contributed by atoms with Crippen LogP contribution < -0.4 is 10.1 Å². The first-order chi connectivity index (χ1) is 19.0. The van der Waals surface area contributed by atoms with Crippen LogP contribution in [0.4, 0.5) is 14.9 Å². The van der Waals surface area contributed by atoms with Crippen molar-refractivity contribution in [2.45, 2.75) is 24.7 Å². The second-order valence-corrected chi connectivity index (χ2v) is 9.19. The van der Waals surface area contributed by atoms with Gasteiger partial charge in [0.25, 0.3) is 0 Å². The minimum absolute atomic E-state index is 0.00100. The zero-order chi connectivity index (χ0) is 27.2. The maximum absolute atomic E-state index is 14.0. The first kappa shape index (κ1) is 25.9. The van der Waals surface area contributed by atoms with Crippen LogP contribution in [-0.2, 0) is 16.1 Å². The Hall–Kier alpha value is -4.69. The molecule has 1 aliphatic heterocycles. The fourth-order valence-corrected chi connectivity index (χ4v) is 4.65. The minimum atomic E-state index is -1.31. The number of hydrogen-bond donors (Lipinski definition) is 2. The van der Waals surface area contributed by atoms with Gasteiger partial charge in [-0.1, -0.05) is 72.8 Å². The average Bonchev–Trinajstić information content (AvgIpc) is 3.31. The molecule has 1 fully saturated rings. The molecule has 8 heteroatoms. The lowest BCUT2D eigenvalue weighted by molar-refractivity contribution is -0.122. The van der Waals surface area contributed by atoms with E-state index in [-0.39, 0.29) is 13.2 Å². The molecule has 7 nitrogen and oxygen atoms in total. The van der Waals surface area contributed by atoms with E-state index in [2.05, 4.69) is 5.32 Å². The van der Waals surface area contributed by atoms with Crippen molar-refractivity contribution in [1.82, 2.24) is 4.90 Å². The molecule has 4 aromatic rings. The monoisotopic (exact) mass is 526 g/mol. The number of halogens is 1. The van der Waals surface area contributed by atoms with E-state index in [0.717, 1.165) is 5.56 Å². The molecule has 0 saturated carbocycles. The van der Waals surface area contributed by atoms with Crippen molar-refractivity contribution in [2.24, 2.45) is 0 Å². The Morgan fingerprint density at radius 3 is 2.33 bits per heavy atom. The number of carbonyl (C=O) groups is 2. The summed E-state index contributed by atoms with van der Waals surface area (Å²) >= 11 is 0. The highest BCUT2D eigenvalue weighted by Gasteiger charge is 2.48. The Balaban J connectivity index is 1.39. The Labute approximate surface area is 225 Å². The van der Waals surface area contributed by atoms with Crippen LogP contribution in [-0.4, -0.2) is 40.7 Å². The normalized spacial score (nSPS) is 18.4. The Morgan fingerprint density at radius 1 is 0.897 bits per heavy atom. The average molecular weight is 527 g/mol. The van der Waals surface area contributed by atoms with Crippen LogP contribution in [0.1, 0.15) is 17.0 Å². The van der Waals surface area contributed by atoms with Gasteiger partial charge in [0.15, 0.2) is 5.75 Å². The zero-order valence-electron chi connectivity index (χ0n) is 20.9. The highest BCUT2D eigenvalue weighted by Crippen LogP contribution is 2.35. The van der Waals surface area contributed by atoms with Gasteiger partial charge in [0.2, 0.25) is 5.91 Å². The summed E-state index contributed by atoms with van der Waals surface area (Å²) in [7, 11) is 0. The van der Waals surface area contributed by atoms with Gasteiger partial charge in [-0.05, 0) is 47.5 Å². The van der Waals surface area contributed by atoms with Crippen molar-refractivity contribution in [1.29, 1.82) is 0 Å². The maximum atomic E-state index is 14.0. The van der Waals surface area contributed by atoms with Crippen LogP contribution in [0.15, 0.2) is 109 Å². The summed E-state index contributed by atoms with van der Waals surface area (Å²) in [6, 6.07) is 29.6. The van der Waals surface area contributed by atoms with Crippen LogP contribution >= 0.6 is 0 Å². The van der Waals surface area contributed by atoms with Gasteiger partial charge >= 0.3 is 6.09 Å². The molecule has 198 valence electrons. The number of amides is 2. The van der Waals surface area contributed by atoms with Crippen molar-refractivity contribution in [3.8, 4) is 11.5 Å². The molecule has 0 unspecified atom stereocenters. The van der Waals surface area contributed by atoms with Gasteiger partial charge in [-0.2, -0.15) is 0 Å². The number of anilines is 1. The first-order valence-electron chi connectivity index (χ1n) is 12.5. The fraction of sp³-hybridized carbons (Fsp3) is 0.161. The van der Waals surface area contributed by atoms with E-state index in [9.17, 15) is 19.1 Å². The molecule has 2 amide bonds. The zero-order valence-corrected chi connectivity index (χ0v) is 20.9. The van der Waals surface area contributed by atoms with E-state index in [1.807, 2.05) is 48.5 Å². The van der Waals surface area contributed by atoms with E-state index in [1.54, 1.807) is 42.5 Å². The lowest BCUT2D eigenvalue weighted by Gasteiger charge is -2.25. The summed E-state index contributed by atoms with van der Waals surface area (Å²) < 4.78 is 25.4. The highest BCUT2D eigenvalue weighted by atomic mass is 19.1. The molecular formula is C31H27FN2O5. The third kappa shape index (κ3) is 6.08. The van der Waals surface area contributed by atoms with Gasteiger partial charge in [-0.15, -0.1) is 0 Å². The Bertz CT molecular complexity index is 1430. The molecule has 5 rings (SSSR count). The molecule has 0 aliphatic carbocycles. The molecule has 1 heterocycles. The number of benzene rings is 4. The molecule has 1 saturated heterocycles. The highest BCUT2D eigenvalue weighted by molar-refractivity contribution is 5.98. The van der Waals surface area contributed by atoms with E-state index in [4.69, 9.17) is 9.47 Å². The number of ether oxygens (including phenoxy) is 2. The standard InChI is InChI=1S/C31H27FN2O5/c32-23-13-9-12-22(18-23)25-19-34(31(37)38-20-21-10-3-1-4-11-21)28(29(25)35)30(36)33-26-16-7-8-17-27(26)39-24-14-5-2-6-15-24/h1-18,25,28-29,35H,19-20H2,(H,33,36)/t25-,28+,29-/m0/s1. The Kier molecular flexibility index (Phi) is 7.84. The van der Waals surface area contributed by atoms with Crippen LogP contribution in [0, 0.1) is 5.82 Å². The molecule has 0 spiro atoms. The Morgan fingerprint density at radius 2 is 1.59 bits per heavy atom. The topological polar surface area (TPSA) is 88.1 Å². The van der Waals surface area contributed by atoms with E-state index in [1.165, 1.54) is 23.1 Å². The van der Waals surface area contributed by atoms with Gasteiger partial charge in [-0.3, -0.25) is 9.69 Å². The molecule has 3 atom stereocenters. The number of aliphatic hydroxyl groups is 1. The summed E-state index contributed by atoms with van der Waals surface area (Å²) in [4.78, 5) is 28.0. The summed E-state index contributed by atoms with van der Waals surface area (Å²) in [6.45, 7) is -0.0303. The number of nitrogens with zero attached hydrogens (tertiary/aromatic N) is 1. The van der Waals surface area contributed by atoms with Gasteiger partial charge in [0.1, 0.15) is 24.2 Å². The van der Waals surface area contributed by atoms with Crippen molar-refractivity contribution in [2.75, 3.05) is 11.9 Å². The minimum Gasteiger partial charge on any atom is -0.455 e. The van der Waals surface area contributed by atoms with Crippen molar-refractivity contribution >= 4 is 17.7 Å². The summed E-state index contributed by atoms with van der Waals surface area (Å²) in [5, 5.41) is 14.1. The van der Waals surface area contributed by atoms with E-state index >= 15 is 0 Å². The smallest absolute Gasteiger partial charge is 0.410 e. The summed E-state index contributed by atoms with van der Waals surface area (Å²) in [5.74, 6) is -0.821. The fourth-order valence-electron chi connectivity index (χ4n) is 4.65. The second kappa shape index (κ2) is 11.8. The van der Waals surface area contributed by atoms with Crippen molar-refractivity contribution in [3.05, 3.63) is 126 Å². The number of para-hydroxylation sites is 3. The van der Waals surface area contributed by atoms with Gasteiger partial charge in [-0.25, -0.2) is 9.18 Å². The number of nitrogens with one attached hydrogen (secondary N) is 1. The summed E-state index contributed by atoms with van der Waals surface area (Å²) in [5.41, 5.74) is 1.62. The molecule has 0 aromatic heterocycles. The quantitative estimate of drug-likeness (QED) is 0.322. The van der Waals surface area contributed by atoms with Crippen LogP contribution in [0.3, 0.4) is 0 Å². The van der Waals surface area contributed by atoms with Crippen LogP contribution in [0.25, 0.3) is 0 Å². The van der Waals surface area contributed by atoms with E-state index < -0.39 is 35.9 Å². The number of aliphatic hydroxyl groups excluding tert-OH is 1. The largest absolute Gasteiger partial charge is 0.455 e. The predicted molar refractivity (Wildman–Crippen MR) is 144 cm³/mol.